The van der Waals surface area contributed by atoms with Crippen molar-refractivity contribution in [3.63, 3.8) is 0 Å². The van der Waals surface area contributed by atoms with Crippen molar-refractivity contribution in [1.29, 1.82) is 0 Å². The molecule has 0 aliphatic rings. The second kappa shape index (κ2) is 7.97. The van der Waals surface area contributed by atoms with Crippen LogP contribution in [0.2, 0.25) is 5.02 Å². The number of hydrogen-bond acceptors (Lipinski definition) is 5. The fourth-order valence-electron chi connectivity index (χ4n) is 2.05. The quantitative estimate of drug-likeness (QED) is 0.827. The maximum atomic E-state index is 12.4. The summed E-state index contributed by atoms with van der Waals surface area (Å²) in [5, 5.41) is 6.45. The normalized spacial score (nSPS) is 11.7. The standard InChI is InChI=1S/C17H21ClN4O2/c1-5-10(2)19-16-9-14(20-11(3)21-16)17(23)22-12-6-7-15(24-4)13(18)8-12/h6-10H,5H2,1-4H3,(H,22,23)(H,19,20,21). The molecule has 0 aliphatic heterocycles. The molecule has 0 radical (unpaired) electrons. The van der Waals surface area contributed by atoms with Gasteiger partial charge < -0.3 is 15.4 Å². The molecule has 0 saturated carbocycles. The molecule has 1 aromatic heterocycles. The molecule has 7 heteroatoms. The van der Waals surface area contributed by atoms with Gasteiger partial charge in [-0.3, -0.25) is 4.79 Å². The maximum Gasteiger partial charge on any atom is 0.274 e. The molecule has 0 bridgehead atoms. The highest BCUT2D eigenvalue weighted by Crippen LogP contribution is 2.27. The molecular formula is C17H21ClN4O2. The van der Waals surface area contributed by atoms with Gasteiger partial charge in [-0.25, -0.2) is 9.97 Å². The Balaban J connectivity index is 2.18. The van der Waals surface area contributed by atoms with E-state index in [2.05, 4.69) is 34.4 Å². The number of aromatic nitrogens is 2. The minimum absolute atomic E-state index is 0.260. The third-order valence-electron chi connectivity index (χ3n) is 3.49. The van der Waals surface area contributed by atoms with Crippen molar-refractivity contribution in [1.82, 2.24) is 9.97 Å². The van der Waals surface area contributed by atoms with E-state index in [1.807, 2.05) is 0 Å². The highest BCUT2D eigenvalue weighted by molar-refractivity contribution is 6.32. The summed E-state index contributed by atoms with van der Waals surface area (Å²) in [5.41, 5.74) is 0.860. The third kappa shape index (κ3) is 4.58. The number of benzene rings is 1. The van der Waals surface area contributed by atoms with E-state index in [4.69, 9.17) is 16.3 Å². The predicted octanol–water partition coefficient (Wildman–Crippen LogP) is 3.91. The van der Waals surface area contributed by atoms with Crippen LogP contribution in [0.25, 0.3) is 0 Å². The van der Waals surface area contributed by atoms with Crippen molar-refractivity contribution < 1.29 is 9.53 Å². The summed E-state index contributed by atoms with van der Waals surface area (Å²) in [4.78, 5) is 20.9. The number of anilines is 2. The van der Waals surface area contributed by atoms with Gasteiger partial charge in [-0.2, -0.15) is 0 Å². The van der Waals surface area contributed by atoms with Crippen LogP contribution in [0.4, 0.5) is 11.5 Å². The monoisotopic (exact) mass is 348 g/mol. The molecule has 2 aromatic rings. The van der Waals surface area contributed by atoms with Crippen LogP contribution < -0.4 is 15.4 Å². The van der Waals surface area contributed by atoms with Gasteiger partial charge in [-0.05, 0) is 38.5 Å². The predicted molar refractivity (Wildman–Crippen MR) is 96.1 cm³/mol. The molecule has 1 heterocycles. The molecule has 128 valence electrons. The molecule has 2 N–H and O–H groups in total. The summed E-state index contributed by atoms with van der Waals surface area (Å²) in [6.45, 7) is 5.88. The number of rotatable bonds is 6. The van der Waals surface area contributed by atoms with Crippen molar-refractivity contribution in [3.8, 4) is 5.75 Å². The van der Waals surface area contributed by atoms with E-state index in [-0.39, 0.29) is 11.9 Å². The van der Waals surface area contributed by atoms with E-state index >= 15 is 0 Å². The van der Waals surface area contributed by atoms with E-state index in [9.17, 15) is 4.79 Å². The van der Waals surface area contributed by atoms with Crippen LogP contribution in [-0.2, 0) is 0 Å². The largest absolute Gasteiger partial charge is 0.495 e. The fourth-order valence-corrected chi connectivity index (χ4v) is 2.31. The Kier molecular flexibility index (Phi) is 5.98. The van der Waals surface area contributed by atoms with E-state index < -0.39 is 0 Å². The van der Waals surface area contributed by atoms with E-state index in [0.29, 0.717) is 33.8 Å². The first-order valence-electron chi connectivity index (χ1n) is 7.70. The van der Waals surface area contributed by atoms with Crippen LogP contribution in [0.1, 0.15) is 36.6 Å². The summed E-state index contributed by atoms with van der Waals surface area (Å²) in [5.74, 6) is 1.39. The first-order valence-corrected chi connectivity index (χ1v) is 8.07. The van der Waals surface area contributed by atoms with Crippen LogP contribution in [0.3, 0.4) is 0 Å². The van der Waals surface area contributed by atoms with Crippen molar-refractivity contribution in [2.24, 2.45) is 0 Å². The first kappa shape index (κ1) is 18.0. The van der Waals surface area contributed by atoms with E-state index in [0.717, 1.165) is 6.42 Å². The minimum atomic E-state index is -0.325. The summed E-state index contributed by atoms with van der Waals surface area (Å²) >= 11 is 6.07. The molecule has 0 saturated heterocycles. The molecule has 24 heavy (non-hydrogen) atoms. The van der Waals surface area contributed by atoms with Crippen molar-refractivity contribution >= 4 is 29.0 Å². The number of nitrogens with zero attached hydrogens (tertiary/aromatic N) is 2. The van der Waals surface area contributed by atoms with Crippen molar-refractivity contribution in [3.05, 3.63) is 40.8 Å². The number of methoxy groups -OCH3 is 1. The summed E-state index contributed by atoms with van der Waals surface area (Å²) in [7, 11) is 1.54. The van der Waals surface area contributed by atoms with Gasteiger partial charge in [0, 0.05) is 17.8 Å². The molecule has 1 atom stereocenters. The lowest BCUT2D eigenvalue weighted by molar-refractivity contribution is 0.102. The van der Waals surface area contributed by atoms with Crippen LogP contribution in [0, 0.1) is 6.92 Å². The number of carbonyl (C=O) groups is 1. The lowest BCUT2D eigenvalue weighted by atomic mass is 10.2. The number of halogens is 1. The van der Waals surface area contributed by atoms with E-state index in [1.54, 1.807) is 31.2 Å². The Morgan fingerprint density at radius 1 is 1.33 bits per heavy atom. The lowest BCUT2D eigenvalue weighted by Gasteiger charge is -2.13. The molecule has 0 fully saturated rings. The molecule has 2 rings (SSSR count). The number of hydrogen-bond donors (Lipinski definition) is 2. The SMILES string of the molecule is CCC(C)Nc1cc(C(=O)Nc2ccc(OC)c(Cl)c2)nc(C)n1. The van der Waals surface area contributed by atoms with Gasteiger partial charge in [0.1, 0.15) is 23.1 Å². The number of ether oxygens (including phenoxy) is 1. The molecule has 1 amide bonds. The van der Waals surface area contributed by atoms with E-state index in [1.165, 1.54) is 7.11 Å². The fraction of sp³-hybridized carbons (Fsp3) is 0.353. The summed E-state index contributed by atoms with van der Waals surface area (Å²) in [6.07, 6.45) is 0.953. The molecule has 0 spiro atoms. The van der Waals surface area contributed by atoms with Gasteiger partial charge in [0.25, 0.3) is 5.91 Å². The van der Waals surface area contributed by atoms with Gasteiger partial charge in [-0.15, -0.1) is 0 Å². The van der Waals surface area contributed by atoms with Crippen molar-refractivity contribution in [2.75, 3.05) is 17.7 Å². The van der Waals surface area contributed by atoms with Gasteiger partial charge in [0.2, 0.25) is 0 Å². The van der Waals surface area contributed by atoms with Gasteiger partial charge in [0.15, 0.2) is 0 Å². The lowest BCUT2D eigenvalue weighted by Crippen LogP contribution is -2.18. The average molecular weight is 349 g/mol. The van der Waals surface area contributed by atoms with Crippen LogP contribution in [0.15, 0.2) is 24.3 Å². The number of aryl methyl sites for hydroxylation is 1. The number of amides is 1. The Morgan fingerprint density at radius 2 is 2.08 bits per heavy atom. The summed E-state index contributed by atoms with van der Waals surface area (Å²) < 4.78 is 5.10. The topological polar surface area (TPSA) is 76.1 Å². The number of carbonyl (C=O) groups excluding carboxylic acids is 1. The first-order chi connectivity index (χ1) is 11.4. The average Bonchev–Trinajstić information content (AvgIpc) is 2.54. The Labute approximate surface area is 146 Å². The van der Waals surface area contributed by atoms with Gasteiger partial charge in [-0.1, -0.05) is 18.5 Å². The smallest absolute Gasteiger partial charge is 0.274 e. The zero-order valence-electron chi connectivity index (χ0n) is 14.2. The highest BCUT2D eigenvalue weighted by Gasteiger charge is 2.13. The second-order valence-electron chi connectivity index (χ2n) is 5.44. The summed E-state index contributed by atoms with van der Waals surface area (Å²) in [6, 6.07) is 6.94. The van der Waals surface area contributed by atoms with Crippen LogP contribution in [0.5, 0.6) is 5.75 Å². The molecular weight excluding hydrogens is 328 g/mol. The minimum Gasteiger partial charge on any atom is -0.495 e. The zero-order chi connectivity index (χ0) is 17.7. The molecule has 1 unspecified atom stereocenters. The Morgan fingerprint density at radius 3 is 2.71 bits per heavy atom. The second-order valence-corrected chi connectivity index (χ2v) is 5.85. The molecule has 0 aliphatic carbocycles. The molecule has 6 nitrogen and oxygen atoms in total. The maximum absolute atomic E-state index is 12.4. The Hall–Kier alpha value is -2.34. The zero-order valence-corrected chi connectivity index (χ0v) is 14.9. The molecule has 1 aromatic carbocycles. The van der Waals surface area contributed by atoms with Gasteiger partial charge >= 0.3 is 0 Å². The Bertz CT molecular complexity index is 737. The van der Waals surface area contributed by atoms with Crippen LogP contribution in [-0.4, -0.2) is 29.0 Å². The number of nitrogens with one attached hydrogen (secondary N) is 2. The van der Waals surface area contributed by atoms with Gasteiger partial charge in [0.05, 0.1) is 12.1 Å². The highest BCUT2D eigenvalue weighted by atomic mass is 35.5. The van der Waals surface area contributed by atoms with Crippen LogP contribution >= 0.6 is 11.6 Å². The van der Waals surface area contributed by atoms with Crippen molar-refractivity contribution in [2.45, 2.75) is 33.2 Å². The third-order valence-corrected chi connectivity index (χ3v) is 3.78.